The highest BCUT2D eigenvalue weighted by atomic mass is 16.6. The van der Waals surface area contributed by atoms with Crippen LogP contribution >= 0.6 is 0 Å². The zero-order valence-corrected chi connectivity index (χ0v) is 12.3. The lowest BCUT2D eigenvalue weighted by atomic mass is 10.0. The molecule has 3 nitrogen and oxygen atoms in total. The molecule has 0 radical (unpaired) electrons. The van der Waals surface area contributed by atoms with E-state index in [2.05, 4.69) is 13.8 Å². The first-order valence-corrected chi connectivity index (χ1v) is 7.02. The van der Waals surface area contributed by atoms with E-state index >= 15 is 0 Å². The number of hydrogen-bond donors (Lipinski definition) is 0. The van der Waals surface area contributed by atoms with Gasteiger partial charge in [-0.2, -0.15) is 0 Å². The Morgan fingerprint density at radius 1 is 1.21 bits per heavy atom. The molecule has 0 saturated heterocycles. The average Bonchev–Trinajstić information content (AvgIpc) is 2.39. The van der Waals surface area contributed by atoms with Gasteiger partial charge in [0.1, 0.15) is 5.75 Å². The Labute approximate surface area is 115 Å². The van der Waals surface area contributed by atoms with Crippen LogP contribution in [0.5, 0.6) is 5.75 Å². The molecular formula is C16H24O3. The predicted molar refractivity (Wildman–Crippen MR) is 76.5 cm³/mol. The van der Waals surface area contributed by atoms with Crippen molar-refractivity contribution >= 4 is 5.97 Å². The maximum atomic E-state index is 11.9. The fourth-order valence-electron chi connectivity index (χ4n) is 1.94. The second-order valence-electron chi connectivity index (χ2n) is 4.84. The van der Waals surface area contributed by atoms with Gasteiger partial charge in [-0.15, -0.1) is 0 Å². The van der Waals surface area contributed by atoms with Crippen LogP contribution in [0.15, 0.2) is 24.3 Å². The van der Waals surface area contributed by atoms with Crippen LogP contribution in [0.3, 0.4) is 0 Å². The molecule has 106 valence electrons. The lowest BCUT2D eigenvalue weighted by Gasteiger charge is -2.20. The third-order valence-electron chi connectivity index (χ3n) is 2.91. The van der Waals surface area contributed by atoms with Crippen LogP contribution in [-0.4, -0.2) is 18.7 Å². The third kappa shape index (κ3) is 4.58. The van der Waals surface area contributed by atoms with Crippen LogP contribution in [-0.2, 0) is 9.53 Å². The van der Waals surface area contributed by atoms with Gasteiger partial charge < -0.3 is 9.47 Å². The SMILES string of the molecule is CCCC(Oc1ccccc1C(C)C)C(=O)OCC. The first-order valence-electron chi connectivity index (χ1n) is 7.02. The van der Waals surface area contributed by atoms with Crippen molar-refractivity contribution in [3.63, 3.8) is 0 Å². The molecule has 0 spiro atoms. The summed E-state index contributed by atoms with van der Waals surface area (Å²) >= 11 is 0. The van der Waals surface area contributed by atoms with Gasteiger partial charge in [0.15, 0.2) is 6.10 Å². The molecule has 0 aromatic heterocycles. The minimum Gasteiger partial charge on any atom is -0.478 e. The summed E-state index contributed by atoms with van der Waals surface area (Å²) in [6.45, 7) is 8.45. The van der Waals surface area contributed by atoms with E-state index in [0.29, 0.717) is 18.9 Å². The molecule has 1 unspecified atom stereocenters. The molecule has 1 aromatic carbocycles. The van der Waals surface area contributed by atoms with Crippen LogP contribution in [0.4, 0.5) is 0 Å². The summed E-state index contributed by atoms with van der Waals surface area (Å²) in [7, 11) is 0. The van der Waals surface area contributed by atoms with Crippen molar-refractivity contribution in [2.45, 2.75) is 52.6 Å². The highest BCUT2D eigenvalue weighted by Crippen LogP contribution is 2.27. The minimum absolute atomic E-state index is 0.275. The molecule has 1 rings (SSSR count). The Morgan fingerprint density at radius 3 is 2.47 bits per heavy atom. The highest BCUT2D eigenvalue weighted by molar-refractivity contribution is 5.75. The van der Waals surface area contributed by atoms with E-state index < -0.39 is 6.10 Å². The molecule has 0 bridgehead atoms. The average molecular weight is 264 g/mol. The molecule has 1 aromatic rings. The molecule has 3 heteroatoms. The molecule has 0 N–H and O–H groups in total. The Bertz CT molecular complexity index is 399. The van der Waals surface area contributed by atoms with Crippen LogP contribution in [0.2, 0.25) is 0 Å². The van der Waals surface area contributed by atoms with Gasteiger partial charge in [0.25, 0.3) is 0 Å². The summed E-state index contributed by atoms with van der Waals surface area (Å²) in [4.78, 5) is 11.9. The minimum atomic E-state index is -0.509. The van der Waals surface area contributed by atoms with Crippen molar-refractivity contribution in [2.24, 2.45) is 0 Å². The number of hydrogen-bond acceptors (Lipinski definition) is 3. The van der Waals surface area contributed by atoms with Crippen LogP contribution < -0.4 is 4.74 Å². The fraction of sp³-hybridized carbons (Fsp3) is 0.562. The van der Waals surface area contributed by atoms with Gasteiger partial charge in [0.2, 0.25) is 0 Å². The molecule has 1 atom stereocenters. The number of para-hydroxylation sites is 1. The van der Waals surface area contributed by atoms with Gasteiger partial charge >= 0.3 is 5.97 Å². The van der Waals surface area contributed by atoms with Gasteiger partial charge in [-0.25, -0.2) is 4.79 Å². The van der Waals surface area contributed by atoms with Gasteiger partial charge in [-0.05, 0) is 30.9 Å². The molecule has 0 aliphatic carbocycles. The van der Waals surface area contributed by atoms with Crippen molar-refractivity contribution in [1.82, 2.24) is 0 Å². The zero-order valence-electron chi connectivity index (χ0n) is 12.3. The van der Waals surface area contributed by atoms with E-state index in [1.54, 1.807) is 0 Å². The molecule has 19 heavy (non-hydrogen) atoms. The van der Waals surface area contributed by atoms with Crippen molar-refractivity contribution in [3.05, 3.63) is 29.8 Å². The van der Waals surface area contributed by atoms with Crippen LogP contribution in [0.25, 0.3) is 0 Å². The predicted octanol–water partition coefficient (Wildman–Crippen LogP) is 3.92. The van der Waals surface area contributed by atoms with E-state index in [9.17, 15) is 4.79 Å². The molecule has 0 aliphatic heterocycles. The largest absolute Gasteiger partial charge is 0.478 e. The molecular weight excluding hydrogens is 240 g/mol. The van der Waals surface area contributed by atoms with Gasteiger partial charge in [0, 0.05) is 0 Å². The maximum Gasteiger partial charge on any atom is 0.347 e. The third-order valence-corrected chi connectivity index (χ3v) is 2.91. The van der Waals surface area contributed by atoms with Crippen molar-refractivity contribution in [1.29, 1.82) is 0 Å². The number of benzene rings is 1. The van der Waals surface area contributed by atoms with Gasteiger partial charge in [0.05, 0.1) is 6.61 Å². The maximum absolute atomic E-state index is 11.9. The molecule has 0 heterocycles. The molecule has 0 aliphatic rings. The van der Waals surface area contributed by atoms with Crippen LogP contribution in [0, 0.1) is 0 Å². The van der Waals surface area contributed by atoms with E-state index in [-0.39, 0.29) is 5.97 Å². The molecule has 0 amide bonds. The van der Waals surface area contributed by atoms with E-state index in [1.807, 2.05) is 38.1 Å². The quantitative estimate of drug-likeness (QED) is 0.700. The monoisotopic (exact) mass is 264 g/mol. The molecule has 0 fully saturated rings. The Hall–Kier alpha value is -1.51. The standard InChI is InChI=1S/C16H24O3/c1-5-9-15(16(17)18-6-2)19-14-11-8-7-10-13(14)12(3)4/h7-8,10-12,15H,5-6,9H2,1-4H3. The van der Waals surface area contributed by atoms with E-state index in [4.69, 9.17) is 9.47 Å². The summed E-state index contributed by atoms with van der Waals surface area (Å²) in [5.74, 6) is 0.868. The highest BCUT2D eigenvalue weighted by Gasteiger charge is 2.22. The second kappa shape index (κ2) is 7.82. The van der Waals surface area contributed by atoms with Crippen molar-refractivity contribution < 1.29 is 14.3 Å². The van der Waals surface area contributed by atoms with Crippen LogP contribution in [0.1, 0.15) is 52.0 Å². The van der Waals surface area contributed by atoms with Gasteiger partial charge in [-0.1, -0.05) is 45.4 Å². The summed E-state index contributed by atoms with van der Waals surface area (Å²) in [5, 5.41) is 0. The topological polar surface area (TPSA) is 35.5 Å². The zero-order chi connectivity index (χ0) is 14.3. The van der Waals surface area contributed by atoms with E-state index in [1.165, 1.54) is 0 Å². The number of ether oxygens (including phenoxy) is 2. The van der Waals surface area contributed by atoms with Crippen molar-refractivity contribution in [3.8, 4) is 5.75 Å². The normalized spacial score (nSPS) is 12.3. The Balaban J connectivity index is 2.87. The first kappa shape index (κ1) is 15.5. The summed E-state index contributed by atoms with van der Waals surface area (Å²) in [5.41, 5.74) is 1.12. The lowest BCUT2D eigenvalue weighted by molar-refractivity contribution is -0.151. The summed E-state index contributed by atoms with van der Waals surface area (Å²) in [6, 6.07) is 7.86. The van der Waals surface area contributed by atoms with Crippen molar-refractivity contribution in [2.75, 3.05) is 6.61 Å². The second-order valence-corrected chi connectivity index (χ2v) is 4.84. The fourth-order valence-corrected chi connectivity index (χ4v) is 1.94. The Kier molecular flexibility index (Phi) is 6.40. The van der Waals surface area contributed by atoms with Gasteiger partial charge in [-0.3, -0.25) is 0 Å². The first-order chi connectivity index (χ1) is 9.10. The van der Waals surface area contributed by atoms with E-state index in [0.717, 1.165) is 17.7 Å². The number of carbonyl (C=O) groups is 1. The smallest absolute Gasteiger partial charge is 0.347 e. The number of esters is 1. The molecule has 0 saturated carbocycles. The lowest BCUT2D eigenvalue weighted by Crippen LogP contribution is -2.29. The Morgan fingerprint density at radius 2 is 1.89 bits per heavy atom. The number of rotatable bonds is 7. The number of carbonyl (C=O) groups excluding carboxylic acids is 1. The summed E-state index contributed by atoms with van der Waals surface area (Å²) in [6.07, 6.45) is 1.04. The summed E-state index contributed by atoms with van der Waals surface area (Å²) < 4.78 is 11.0.